The van der Waals surface area contributed by atoms with Crippen LogP contribution in [0, 0.1) is 0 Å². The molecule has 2 rings (SSSR count). The first-order valence-corrected chi connectivity index (χ1v) is 8.20. The molecule has 1 aromatic carbocycles. The minimum absolute atomic E-state index is 0.0385. The highest BCUT2D eigenvalue weighted by molar-refractivity contribution is 9.12. The topological polar surface area (TPSA) is 20.3 Å². The number of carbonyl (C=O) groups is 1. The SMILES string of the molecule is [B]/C=C1/C(CCCCCC)=C(Br)C(=O)N1c1ccccc1. The fourth-order valence-corrected chi connectivity index (χ4v) is 3.14. The van der Waals surface area contributed by atoms with Gasteiger partial charge in [-0.25, -0.2) is 0 Å². The second-order valence-corrected chi connectivity index (χ2v) is 5.92. The van der Waals surface area contributed by atoms with Gasteiger partial charge < -0.3 is 0 Å². The maximum atomic E-state index is 12.5. The Balaban J connectivity index is 2.20. The predicted molar refractivity (Wildman–Crippen MR) is 92.5 cm³/mol. The molecule has 0 fully saturated rings. The zero-order chi connectivity index (χ0) is 15.2. The molecule has 0 saturated heterocycles. The molecule has 4 heteroatoms. The Kier molecular flexibility index (Phi) is 5.86. The lowest BCUT2D eigenvalue weighted by Crippen LogP contribution is -2.24. The Hall–Kier alpha value is -1.29. The van der Waals surface area contributed by atoms with Gasteiger partial charge in [0.15, 0.2) is 0 Å². The average molecular weight is 344 g/mol. The molecule has 0 saturated carbocycles. The van der Waals surface area contributed by atoms with Gasteiger partial charge in [0.05, 0.1) is 4.48 Å². The number of hydrogen-bond donors (Lipinski definition) is 0. The molecular formula is C17H19BBrNO. The molecule has 2 radical (unpaired) electrons. The molecule has 1 aromatic rings. The van der Waals surface area contributed by atoms with E-state index >= 15 is 0 Å². The van der Waals surface area contributed by atoms with Gasteiger partial charge >= 0.3 is 0 Å². The van der Waals surface area contributed by atoms with Crippen LogP contribution in [0.3, 0.4) is 0 Å². The summed E-state index contributed by atoms with van der Waals surface area (Å²) in [5, 5.41) is 0. The quantitative estimate of drug-likeness (QED) is 0.543. The van der Waals surface area contributed by atoms with Gasteiger partial charge in [-0.3, -0.25) is 9.69 Å². The van der Waals surface area contributed by atoms with Crippen molar-refractivity contribution in [3.8, 4) is 0 Å². The van der Waals surface area contributed by atoms with Crippen LogP contribution >= 0.6 is 15.9 Å². The van der Waals surface area contributed by atoms with Gasteiger partial charge in [0.2, 0.25) is 0 Å². The van der Waals surface area contributed by atoms with Crippen LogP contribution in [0.4, 0.5) is 5.69 Å². The zero-order valence-electron chi connectivity index (χ0n) is 12.3. The summed E-state index contributed by atoms with van der Waals surface area (Å²) >= 11 is 3.45. The van der Waals surface area contributed by atoms with E-state index in [1.807, 2.05) is 30.3 Å². The average Bonchev–Trinajstić information content (AvgIpc) is 2.76. The molecule has 0 spiro atoms. The highest BCUT2D eigenvalue weighted by Gasteiger charge is 2.33. The van der Waals surface area contributed by atoms with Crippen molar-refractivity contribution < 1.29 is 4.79 Å². The summed E-state index contributed by atoms with van der Waals surface area (Å²) < 4.78 is 0.638. The van der Waals surface area contributed by atoms with Crippen LogP contribution in [0.2, 0.25) is 0 Å². The van der Waals surface area contributed by atoms with E-state index in [0.29, 0.717) is 4.48 Å². The minimum Gasteiger partial charge on any atom is -0.277 e. The molecule has 21 heavy (non-hydrogen) atoms. The van der Waals surface area contributed by atoms with E-state index in [2.05, 4.69) is 22.9 Å². The molecule has 0 aromatic heterocycles. The number of nitrogens with zero attached hydrogens (tertiary/aromatic N) is 1. The first kappa shape index (κ1) is 16.1. The summed E-state index contributed by atoms with van der Waals surface area (Å²) in [5.41, 5.74) is 2.66. The number of benzene rings is 1. The predicted octanol–water partition coefficient (Wildman–Crippen LogP) is 4.66. The smallest absolute Gasteiger partial charge is 0.270 e. The molecule has 0 aliphatic carbocycles. The van der Waals surface area contributed by atoms with Crippen LogP contribution in [0.25, 0.3) is 0 Å². The Bertz CT molecular complexity index is 565. The molecule has 0 atom stereocenters. The first-order chi connectivity index (χ1) is 10.2. The summed E-state index contributed by atoms with van der Waals surface area (Å²) in [6, 6.07) is 9.61. The lowest BCUT2D eigenvalue weighted by Gasteiger charge is -2.20. The summed E-state index contributed by atoms with van der Waals surface area (Å²) in [4.78, 5) is 14.2. The second kappa shape index (κ2) is 7.65. The van der Waals surface area contributed by atoms with Crippen molar-refractivity contribution in [1.82, 2.24) is 0 Å². The number of unbranched alkanes of at least 4 members (excludes halogenated alkanes) is 3. The molecule has 2 nitrogen and oxygen atoms in total. The van der Waals surface area contributed by atoms with E-state index < -0.39 is 0 Å². The second-order valence-electron chi connectivity index (χ2n) is 5.13. The van der Waals surface area contributed by atoms with Crippen molar-refractivity contribution in [3.63, 3.8) is 0 Å². The summed E-state index contributed by atoms with van der Waals surface area (Å²) in [6.45, 7) is 2.19. The standard InChI is InChI=1S/C17H19BBrNO/c1-2-3-4-8-11-14-15(12-18)20(17(21)16(14)19)13-9-6-5-7-10-13/h5-7,9-10,12H,2-4,8,11H2,1H3/b15-12-. The maximum absolute atomic E-state index is 12.5. The number of hydrogen-bond acceptors (Lipinski definition) is 1. The van der Waals surface area contributed by atoms with Crippen molar-refractivity contribution in [3.05, 3.63) is 52.1 Å². The van der Waals surface area contributed by atoms with Gasteiger partial charge in [-0.2, -0.15) is 0 Å². The molecular weight excluding hydrogens is 325 g/mol. The number of allylic oxidation sites excluding steroid dienone is 1. The van der Waals surface area contributed by atoms with Crippen molar-refractivity contribution >= 4 is 35.4 Å². The Morgan fingerprint density at radius 2 is 1.90 bits per heavy atom. The molecule has 1 heterocycles. The van der Waals surface area contributed by atoms with Crippen LogP contribution in [0.15, 0.2) is 52.1 Å². The summed E-state index contributed by atoms with van der Waals surface area (Å²) in [7, 11) is 5.80. The third-order valence-corrected chi connectivity index (χ3v) is 4.48. The van der Waals surface area contributed by atoms with E-state index in [0.717, 1.165) is 29.8 Å². The fourth-order valence-electron chi connectivity index (χ4n) is 2.56. The van der Waals surface area contributed by atoms with Crippen molar-refractivity contribution in [2.75, 3.05) is 4.90 Å². The van der Waals surface area contributed by atoms with E-state index in [1.165, 1.54) is 25.2 Å². The van der Waals surface area contributed by atoms with E-state index in [9.17, 15) is 4.79 Å². The van der Waals surface area contributed by atoms with Crippen molar-refractivity contribution in [1.29, 1.82) is 0 Å². The van der Waals surface area contributed by atoms with E-state index in [4.69, 9.17) is 7.85 Å². The van der Waals surface area contributed by atoms with Crippen LogP contribution in [-0.4, -0.2) is 13.8 Å². The van der Waals surface area contributed by atoms with Crippen molar-refractivity contribution in [2.24, 2.45) is 0 Å². The lowest BCUT2D eigenvalue weighted by atomic mass is 10.00. The third-order valence-electron chi connectivity index (χ3n) is 3.66. The number of carbonyl (C=O) groups excluding carboxylic acids is 1. The highest BCUT2D eigenvalue weighted by atomic mass is 79.9. The minimum atomic E-state index is -0.0385. The van der Waals surface area contributed by atoms with E-state index in [1.54, 1.807) is 4.90 Å². The van der Waals surface area contributed by atoms with Gasteiger partial charge in [-0.15, -0.1) is 5.98 Å². The van der Waals surface area contributed by atoms with Gasteiger partial charge in [0, 0.05) is 11.4 Å². The number of halogens is 1. The molecule has 1 amide bonds. The zero-order valence-corrected chi connectivity index (χ0v) is 13.9. The largest absolute Gasteiger partial charge is 0.277 e. The number of para-hydroxylation sites is 1. The fraction of sp³-hybridized carbons (Fsp3) is 0.353. The monoisotopic (exact) mass is 343 g/mol. The molecule has 0 N–H and O–H groups in total. The number of rotatable bonds is 6. The molecule has 108 valence electrons. The summed E-state index contributed by atoms with van der Waals surface area (Å²) in [5.74, 6) is 1.50. The van der Waals surface area contributed by atoms with Crippen LogP contribution < -0.4 is 4.90 Å². The normalized spacial score (nSPS) is 17.1. The van der Waals surface area contributed by atoms with Crippen LogP contribution in [0.1, 0.15) is 39.0 Å². The molecule has 0 unspecified atom stereocenters. The van der Waals surface area contributed by atoms with E-state index in [-0.39, 0.29) is 5.91 Å². The van der Waals surface area contributed by atoms with Gasteiger partial charge in [-0.1, -0.05) is 44.4 Å². The maximum Gasteiger partial charge on any atom is 0.270 e. The van der Waals surface area contributed by atoms with Gasteiger partial charge in [0.1, 0.15) is 7.85 Å². The van der Waals surface area contributed by atoms with Crippen LogP contribution in [0.5, 0.6) is 0 Å². The molecule has 0 bridgehead atoms. The third kappa shape index (κ3) is 3.49. The molecule has 1 aliphatic rings. The lowest BCUT2D eigenvalue weighted by molar-refractivity contribution is -0.113. The number of amides is 1. The first-order valence-electron chi connectivity index (χ1n) is 7.41. The Morgan fingerprint density at radius 3 is 2.52 bits per heavy atom. The van der Waals surface area contributed by atoms with Gasteiger partial charge in [-0.05, 0) is 46.5 Å². The number of anilines is 1. The van der Waals surface area contributed by atoms with Gasteiger partial charge in [0.25, 0.3) is 5.91 Å². The Morgan fingerprint density at radius 1 is 1.19 bits per heavy atom. The highest BCUT2D eigenvalue weighted by Crippen LogP contribution is 2.38. The summed E-state index contributed by atoms with van der Waals surface area (Å²) in [6.07, 6.45) is 5.56. The van der Waals surface area contributed by atoms with Crippen molar-refractivity contribution in [2.45, 2.75) is 39.0 Å². The van der Waals surface area contributed by atoms with Crippen LogP contribution in [-0.2, 0) is 4.79 Å². The molecule has 1 aliphatic heterocycles. The Labute approximate surface area is 136 Å².